The van der Waals surface area contributed by atoms with Gasteiger partial charge in [0, 0.05) is 52.4 Å². The maximum Gasteiger partial charge on any atom is 0.211 e. The molecule has 2 unspecified atom stereocenters. The van der Waals surface area contributed by atoms with Crippen LogP contribution in [0.25, 0.3) is 0 Å². The lowest BCUT2D eigenvalue weighted by molar-refractivity contribution is -0.139. The molecule has 0 saturated carbocycles. The zero-order valence-corrected chi connectivity index (χ0v) is 21.5. The standard InChI is InChI=1S/C26H34N4O5S/c1-36(31,32)30(14-16-34-23-5-3-2-4-6-23)12-11-28-18-25-20-29(21-26(19-28)35-25)13-15-33-24-9-7-22(17-27)8-10-24/h2-10,25-26H,11-16,18-21H2,1H3. The molecule has 0 amide bonds. The van der Waals surface area contributed by atoms with Crippen LogP contribution in [0.1, 0.15) is 5.56 Å². The Balaban J connectivity index is 1.19. The van der Waals surface area contributed by atoms with E-state index in [1.54, 1.807) is 12.1 Å². The van der Waals surface area contributed by atoms with Gasteiger partial charge in [-0.15, -0.1) is 0 Å². The molecule has 2 aromatic carbocycles. The van der Waals surface area contributed by atoms with E-state index in [1.807, 2.05) is 42.5 Å². The Hall–Kier alpha value is -2.68. The molecule has 36 heavy (non-hydrogen) atoms. The monoisotopic (exact) mass is 514 g/mol. The SMILES string of the molecule is CS(=O)(=O)N(CCOc1ccccc1)CCN1CC2CN(CCOc3ccc(C#N)cc3)CC(C1)O2. The van der Waals surface area contributed by atoms with Crippen LogP contribution < -0.4 is 9.47 Å². The van der Waals surface area contributed by atoms with Crippen molar-refractivity contribution >= 4 is 10.0 Å². The van der Waals surface area contributed by atoms with E-state index in [-0.39, 0.29) is 12.2 Å². The average molecular weight is 515 g/mol. The fourth-order valence-electron chi connectivity index (χ4n) is 4.62. The third-order valence-electron chi connectivity index (χ3n) is 6.38. The van der Waals surface area contributed by atoms with Crippen molar-refractivity contribution in [3.63, 3.8) is 0 Å². The number of benzene rings is 2. The van der Waals surface area contributed by atoms with Crippen molar-refractivity contribution in [3.8, 4) is 17.6 Å². The molecular weight excluding hydrogens is 480 g/mol. The van der Waals surface area contributed by atoms with E-state index >= 15 is 0 Å². The second-order valence-electron chi connectivity index (χ2n) is 9.21. The molecule has 10 heteroatoms. The summed E-state index contributed by atoms with van der Waals surface area (Å²) >= 11 is 0. The Kier molecular flexibility index (Phi) is 9.18. The molecule has 0 aliphatic carbocycles. The normalized spacial score (nSPS) is 20.7. The zero-order valence-electron chi connectivity index (χ0n) is 20.7. The van der Waals surface area contributed by atoms with Crippen LogP contribution in [0.2, 0.25) is 0 Å². The third-order valence-corrected chi connectivity index (χ3v) is 7.68. The number of hydrogen-bond donors (Lipinski definition) is 0. The Morgan fingerprint density at radius 3 is 2.08 bits per heavy atom. The highest BCUT2D eigenvalue weighted by atomic mass is 32.2. The molecule has 2 saturated heterocycles. The fourth-order valence-corrected chi connectivity index (χ4v) is 5.44. The molecule has 2 bridgehead atoms. The van der Waals surface area contributed by atoms with Gasteiger partial charge in [-0.05, 0) is 36.4 Å². The molecule has 0 aromatic heterocycles. The summed E-state index contributed by atoms with van der Waals surface area (Å²) in [5.41, 5.74) is 0.619. The van der Waals surface area contributed by atoms with Crippen molar-refractivity contribution in [2.75, 3.05) is 71.8 Å². The lowest BCUT2D eigenvalue weighted by Gasteiger charge is -2.46. The number of sulfonamides is 1. The van der Waals surface area contributed by atoms with Crippen LogP contribution in [0.15, 0.2) is 54.6 Å². The number of hydrogen-bond acceptors (Lipinski definition) is 8. The van der Waals surface area contributed by atoms with Crippen molar-refractivity contribution in [2.24, 2.45) is 0 Å². The van der Waals surface area contributed by atoms with Gasteiger partial charge in [0.25, 0.3) is 0 Å². The van der Waals surface area contributed by atoms with Crippen LogP contribution in [0.3, 0.4) is 0 Å². The fraction of sp³-hybridized carbons (Fsp3) is 0.500. The Morgan fingerprint density at radius 1 is 0.889 bits per heavy atom. The minimum atomic E-state index is -3.33. The summed E-state index contributed by atoms with van der Waals surface area (Å²) in [5.74, 6) is 1.50. The average Bonchev–Trinajstić information content (AvgIpc) is 2.86. The van der Waals surface area contributed by atoms with Gasteiger partial charge in [0.15, 0.2) is 0 Å². The second kappa shape index (κ2) is 12.5. The first-order valence-electron chi connectivity index (χ1n) is 12.2. The van der Waals surface area contributed by atoms with Crippen molar-refractivity contribution in [1.29, 1.82) is 5.26 Å². The van der Waals surface area contributed by atoms with Crippen molar-refractivity contribution in [2.45, 2.75) is 12.2 Å². The highest BCUT2D eigenvalue weighted by Crippen LogP contribution is 2.20. The van der Waals surface area contributed by atoms with Gasteiger partial charge in [-0.2, -0.15) is 9.57 Å². The molecular formula is C26H34N4O5S. The molecule has 2 heterocycles. The van der Waals surface area contributed by atoms with Crippen LogP contribution in [-0.4, -0.2) is 107 Å². The molecule has 2 aliphatic rings. The summed E-state index contributed by atoms with van der Waals surface area (Å²) in [7, 11) is -3.33. The number of fused-ring (bicyclic) bond motifs is 2. The molecule has 2 atom stereocenters. The quantitative estimate of drug-likeness (QED) is 0.422. The highest BCUT2D eigenvalue weighted by molar-refractivity contribution is 7.88. The Bertz CT molecular complexity index is 1090. The molecule has 0 spiro atoms. The van der Waals surface area contributed by atoms with Crippen LogP contribution >= 0.6 is 0 Å². The first kappa shape index (κ1) is 26.4. The largest absolute Gasteiger partial charge is 0.492 e. The van der Waals surface area contributed by atoms with Gasteiger partial charge in [-0.25, -0.2) is 8.42 Å². The van der Waals surface area contributed by atoms with E-state index < -0.39 is 10.0 Å². The van der Waals surface area contributed by atoms with E-state index in [2.05, 4.69) is 15.9 Å². The lowest BCUT2D eigenvalue weighted by Crippen LogP contribution is -2.60. The van der Waals surface area contributed by atoms with Crippen LogP contribution in [0, 0.1) is 11.3 Å². The zero-order chi connectivity index (χ0) is 25.4. The second-order valence-corrected chi connectivity index (χ2v) is 11.2. The molecule has 0 radical (unpaired) electrons. The molecule has 0 N–H and O–H groups in total. The van der Waals surface area contributed by atoms with E-state index in [4.69, 9.17) is 19.5 Å². The molecule has 2 aliphatic heterocycles. The van der Waals surface area contributed by atoms with Gasteiger partial charge in [-0.1, -0.05) is 18.2 Å². The predicted octanol–water partition coefficient (Wildman–Crippen LogP) is 1.66. The van der Waals surface area contributed by atoms with Crippen LogP contribution in [0.5, 0.6) is 11.5 Å². The minimum Gasteiger partial charge on any atom is -0.492 e. The topological polar surface area (TPSA) is 95.3 Å². The summed E-state index contributed by atoms with van der Waals surface area (Å²) in [6.07, 6.45) is 1.45. The minimum absolute atomic E-state index is 0.0977. The van der Waals surface area contributed by atoms with Crippen LogP contribution in [0.4, 0.5) is 0 Å². The van der Waals surface area contributed by atoms with Gasteiger partial charge >= 0.3 is 0 Å². The molecule has 194 valence electrons. The number of nitrogens with zero attached hydrogens (tertiary/aromatic N) is 4. The first-order chi connectivity index (χ1) is 17.4. The molecule has 2 fully saturated rings. The maximum absolute atomic E-state index is 12.3. The summed E-state index contributed by atoms with van der Waals surface area (Å²) in [5, 5.41) is 8.90. The summed E-state index contributed by atoms with van der Waals surface area (Å²) in [6, 6.07) is 18.7. The van der Waals surface area contributed by atoms with E-state index in [0.29, 0.717) is 38.4 Å². The van der Waals surface area contributed by atoms with E-state index in [9.17, 15) is 8.42 Å². The number of rotatable bonds is 12. The predicted molar refractivity (Wildman–Crippen MR) is 137 cm³/mol. The van der Waals surface area contributed by atoms with Crippen molar-refractivity contribution in [1.82, 2.24) is 14.1 Å². The summed E-state index contributed by atoms with van der Waals surface area (Å²) < 4.78 is 43.8. The van der Waals surface area contributed by atoms with Gasteiger partial charge in [0.1, 0.15) is 24.7 Å². The van der Waals surface area contributed by atoms with Gasteiger partial charge in [0.05, 0.1) is 30.1 Å². The Labute approximate surface area is 213 Å². The maximum atomic E-state index is 12.3. The van der Waals surface area contributed by atoms with E-state index in [1.165, 1.54) is 10.6 Å². The highest BCUT2D eigenvalue weighted by Gasteiger charge is 2.35. The van der Waals surface area contributed by atoms with Crippen molar-refractivity contribution in [3.05, 3.63) is 60.2 Å². The van der Waals surface area contributed by atoms with Gasteiger partial charge in [-0.3, -0.25) is 9.80 Å². The van der Waals surface area contributed by atoms with E-state index in [0.717, 1.165) is 44.2 Å². The smallest absolute Gasteiger partial charge is 0.211 e. The van der Waals surface area contributed by atoms with Crippen LogP contribution in [-0.2, 0) is 14.8 Å². The third kappa shape index (κ3) is 7.91. The molecule has 2 aromatic rings. The summed E-state index contributed by atoms with van der Waals surface area (Å²) in [6.45, 7) is 6.30. The number of morpholine rings is 2. The molecule has 9 nitrogen and oxygen atoms in total. The van der Waals surface area contributed by atoms with Gasteiger partial charge in [0.2, 0.25) is 10.0 Å². The number of para-hydroxylation sites is 1. The lowest BCUT2D eigenvalue weighted by atomic mass is 10.1. The van der Waals surface area contributed by atoms with Gasteiger partial charge < -0.3 is 14.2 Å². The summed E-state index contributed by atoms with van der Waals surface area (Å²) in [4.78, 5) is 4.67. The number of nitriles is 1. The van der Waals surface area contributed by atoms with Crippen molar-refractivity contribution < 1.29 is 22.6 Å². The molecule has 4 rings (SSSR count). The first-order valence-corrected chi connectivity index (χ1v) is 14.1. The Morgan fingerprint density at radius 2 is 1.47 bits per heavy atom. The number of ether oxygens (including phenoxy) is 3.